The van der Waals surface area contributed by atoms with E-state index >= 15 is 0 Å². The molecule has 0 atom stereocenters. The van der Waals surface area contributed by atoms with Crippen molar-refractivity contribution in [2.45, 2.75) is 5.33 Å². The molecule has 0 saturated heterocycles. The Morgan fingerprint density at radius 1 is 1.43 bits per heavy atom. The Morgan fingerprint density at radius 3 is 2.93 bits per heavy atom. The van der Waals surface area contributed by atoms with Crippen LogP contribution in [0, 0.1) is 5.82 Å². The number of alkyl halides is 1. The van der Waals surface area contributed by atoms with E-state index in [1.807, 2.05) is 0 Å². The molecule has 0 fully saturated rings. The Hall–Kier alpha value is -1.23. The van der Waals surface area contributed by atoms with Crippen LogP contribution in [0.3, 0.4) is 0 Å². The van der Waals surface area contributed by atoms with Crippen LogP contribution in [0.2, 0.25) is 0 Å². The molecule has 72 valence electrons. The van der Waals surface area contributed by atoms with Crippen LogP contribution in [0.5, 0.6) is 0 Å². The second-order valence-electron chi connectivity index (χ2n) is 2.75. The van der Waals surface area contributed by atoms with Crippen molar-refractivity contribution in [1.82, 2.24) is 14.8 Å². The van der Waals surface area contributed by atoms with Crippen LogP contribution in [0.25, 0.3) is 5.69 Å². The van der Waals surface area contributed by atoms with E-state index < -0.39 is 0 Å². The highest BCUT2D eigenvalue weighted by Gasteiger charge is 2.05. The third-order valence-electron chi connectivity index (χ3n) is 1.85. The molecule has 2 rings (SSSR count). The number of hydrogen-bond acceptors (Lipinski definition) is 2. The third-order valence-corrected chi connectivity index (χ3v) is 2.46. The van der Waals surface area contributed by atoms with Gasteiger partial charge in [0.2, 0.25) is 0 Å². The minimum atomic E-state index is -0.247. The van der Waals surface area contributed by atoms with Gasteiger partial charge in [0.15, 0.2) is 0 Å². The predicted molar refractivity (Wildman–Crippen MR) is 53.9 cm³/mol. The second-order valence-corrected chi connectivity index (χ2v) is 3.31. The Balaban J connectivity index is 2.53. The number of rotatable bonds is 2. The van der Waals surface area contributed by atoms with E-state index in [0.29, 0.717) is 5.33 Å². The minimum Gasteiger partial charge on any atom is -0.223 e. The maximum absolute atomic E-state index is 12.9. The quantitative estimate of drug-likeness (QED) is 0.772. The van der Waals surface area contributed by atoms with Crippen molar-refractivity contribution >= 4 is 15.9 Å². The van der Waals surface area contributed by atoms with Gasteiger partial charge in [-0.1, -0.05) is 15.9 Å². The number of halogens is 2. The summed E-state index contributed by atoms with van der Waals surface area (Å²) in [5, 5.41) is 4.57. The average Bonchev–Trinajstić information content (AvgIpc) is 2.70. The molecule has 3 nitrogen and oxygen atoms in total. The molecular formula is C9H7BrFN3. The Morgan fingerprint density at radius 2 is 2.29 bits per heavy atom. The topological polar surface area (TPSA) is 30.7 Å². The zero-order valence-electron chi connectivity index (χ0n) is 7.19. The molecule has 0 aliphatic heterocycles. The highest BCUT2D eigenvalue weighted by atomic mass is 79.9. The Kier molecular flexibility index (Phi) is 2.58. The van der Waals surface area contributed by atoms with Gasteiger partial charge in [-0.15, -0.1) is 0 Å². The summed E-state index contributed by atoms with van der Waals surface area (Å²) in [4.78, 5) is 3.84. The lowest BCUT2D eigenvalue weighted by atomic mass is 10.2. The van der Waals surface area contributed by atoms with Crippen LogP contribution in [0.1, 0.15) is 5.56 Å². The number of benzene rings is 1. The molecular weight excluding hydrogens is 249 g/mol. The van der Waals surface area contributed by atoms with Gasteiger partial charge in [0.1, 0.15) is 18.5 Å². The van der Waals surface area contributed by atoms with Gasteiger partial charge in [-0.2, -0.15) is 5.10 Å². The van der Waals surface area contributed by atoms with Crippen LogP contribution in [0.4, 0.5) is 4.39 Å². The second kappa shape index (κ2) is 3.88. The van der Waals surface area contributed by atoms with Crippen molar-refractivity contribution in [1.29, 1.82) is 0 Å². The average molecular weight is 256 g/mol. The van der Waals surface area contributed by atoms with Gasteiger partial charge in [-0.3, -0.25) is 0 Å². The van der Waals surface area contributed by atoms with Gasteiger partial charge >= 0.3 is 0 Å². The first kappa shape index (κ1) is 9.33. The van der Waals surface area contributed by atoms with E-state index in [1.165, 1.54) is 18.5 Å². The number of hydrogen-bond donors (Lipinski definition) is 0. The lowest BCUT2D eigenvalue weighted by Crippen LogP contribution is -1.99. The summed E-state index contributed by atoms with van der Waals surface area (Å²) < 4.78 is 14.5. The van der Waals surface area contributed by atoms with Crippen LogP contribution in [-0.4, -0.2) is 14.8 Å². The van der Waals surface area contributed by atoms with Gasteiger partial charge in [-0.05, 0) is 23.8 Å². The van der Waals surface area contributed by atoms with Gasteiger partial charge in [-0.25, -0.2) is 14.1 Å². The molecule has 1 aromatic carbocycles. The first-order chi connectivity index (χ1) is 6.81. The van der Waals surface area contributed by atoms with Crippen LogP contribution in [0.15, 0.2) is 30.9 Å². The van der Waals surface area contributed by atoms with Gasteiger partial charge in [0, 0.05) is 5.33 Å². The summed E-state index contributed by atoms with van der Waals surface area (Å²) in [6.07, 6.45) is 3.03. The predicted octanol–water partition coefficient (Wildman–Crippen LogP) is 2.30. The van der Waals surface area contributed by atoms with Crippen molar-refractivity contribution < 1.29 is 4.39 Å². The van der Waals surface area contributed by atoms with E-state index in [9.17, 15) is 4.39 Å². The van der Waals surface area contributed by atoms with Crippen LogP contribution in [-0.2, 0) is 5.33 Å². The molecule has 0 aliphatic rings. The first-order valence-electron chi connectivity index (χ1n) is 4.00. The van der Waals surface area contributed by atoms with Crippen LogP contribution >= 0.6 is 15.9 Å². The molecule has 0 amide bonds. The lowest BCUT2D eigenvalue weighted by Gasteiger charge is -2.05. The van der Waals surface area contributed by atoms with Crippen molar-refractivity contribution in [3.63, 3.8) is 0 Å². The standard InChI is InChI=1S/C9H7BrFN3/c10-4-7-3-8(11)1-2-9(7)14-6-12-5-13-14/h1-3,5-6H,4H2. The van der Waals surface area contributed by atoms with Crippen molar-refractivity contribution in [3.05, 3.63) is 42.2 Å². The van der Waals surface area contributed by atoms with Gasteiger partial charge < -0.3 is 0 Å². The van der Waals surface area contributed by atoms with E-state index in [-0.39, 0.29) is 5.82 Å². The maximum Gasteiger partial charge on any atom is 0.138 e. The molecule has 0 N–H and O–H groups in total. The molecule has 0 unspecified atom stereocenters. The molecule has 2 aromatic rings. The SMILES string of the molecule is Fc1ccc(-n2cncn2)c(CBr)c1. The molecule has 0 radical (unpaired) electrons. The van der Waals surface area contributed by atoms with E-state index in [2.05, 4.69) is 26.0 Å². The third kappa shape index (κ3) is 1.68. The van der Waals surface area contributed by atoms with Crippen LogP contribution < -0.4 is 0 Å². The molecule has 1 aromatic heterocycles. The Labute approximate surface area is 88.7 Å². The molecule has 1 heterocycles. The van der Waals surface area contributed by atoms with Gasteiger partial charge in [0.05, 0.1) is 5.69 Å². The largest absolute Gasteiger partial charge is 0.223 e. The fraction of sp³-hybridized carbons (Fsp3) is 0.111. The number of aromatic nitrogens is 3. The highest BCUT2D eigenvalue weighted by molar-refractivity contribution is 9.08. The molecule has 0 saturated carbocycles. The summed E-state index contributed by atoms with van der Waals surface area (Å²) in [6, 6.07) is 4.57. The molecule has 5 heteroatoms. The minimum absolute atomic E-state index is 0.247. The smallest absolute Gasteiger partial charge is 0.138 e. The number of nitrogens with zero attached hydrogens (tertiary/aromatic N) is 3. The molecule has 0 aliphatic carbocycles. The fourth-order valence-corrected chi connectivity index (χ4v) is 1.67. The summed E-state index contributed by atoms with van der Waals surface area (Å²) in [7, 11) is 0. The van der Waals surface area contributed by atoms with E-state index in [0.717, 1.165) is 11.3 Å². The molecule has 0 spiro atoms. The van der Waals surface area contributed by atoms with Gasteiger partial charge in [0.25, 0.3) is 0 Å². The molecule has 14 heavy (non-hydrogen) atoms. The summed E-state index contributed by atoms with van der Waals surface area (Å²) in [5.41, 5.74) is 1.68. The van der Waals surface area contributed by atoms with E-state index in [1.54, 1.807) is 17.1 Å². The van der Waals surface area contributed by atoms with Crippen molar-refractivity contribution in [3.8, 4) is 5.69 Å². The maximum atomic E-state index is 12.9. The monoisotopic (exact) mass is 255 g/mol. The zero-order valence-corrected chi connectivity index (χ0v) is 8.78. The lowest BCUT2D eigenvalue weighted by molar-refractivity contribution is 0.625. The van der Waals surface area contributed by atoms with Crippen molar-refractivity contribution in [2.24, 2.45) is 0 Å². The summed E-state index contributed by atoms with van der Waals surface area (Å²) >= 11 is 3.30. The highest BCUT2D eigenvalue weighted by Crippen LogP contribution is 2.17. The fourth-order valence-electron chi connectivity index (χ4n) is 1.22. The summed E-state index contributed by atoms with van der Waals surface area (Å²) in [6.45, 7) is 0. The first-order valence-corrected chi connectivity index (χ1v) is 5.13. The normalized spacial score (nSPS) is 10.4. The van der Waals surface area contributed by atoms with E-state index in [4.69, 9.17) is 0 Å². The zero-order chi connectivity index (χ0) is 9.97. The Bertz CT molecular complexity index is 428. The van der Waals surface area contributed by atoms with Crippen molar-refractivity contribution in [2.75, 3.05) is 0 Å². The summed E-state index contributed by atoms with van der Waals surface area (Å²) in [5.74, 6) is -0.247. The molecule has 0 bridgehead atoms.